The Hall–Kier alpha value is -2.67. The molecule has 1 aromatic heterocycles. The lowest BCUT2D eigenvalue weighted by Gasteiger charge is -2.10. The van der Waals surface area contributed by atoms with Gasteiger partial charge < -0.3 is 4.74 Å². The minimum absolute atomic E-state index is 0.241. The molecule has 0 aliphatic rings. The molecule has 4 aromatic rings. The van der Waals surface area contributed by atoms with Crippen LogP contribution in [-0.2, 0) is 6.61 Å². The van der Waals surface area contributed by atoms with Gasteiger partial charge in [0.1, 0.15) is 18.2 Å². The number of rotatable bonds is 5. The van der Waals surface area contributed by atoms with Crippen LogP contribution in [0.25, 0.3) is 10.9 Å². The summed E-state index contributed by atoms with van der Waals surface area (Å²) in [6.07, 6.45) is 1.59. The number of halogens is 3. The minimum Gasteiger partial charge on any atom is -0.488 e. The molecular formula is C23H16BrCl2N3O2. The summed E-state index contributed by atoms with van der Waals surface area (Å²) in [6, 6.07) is 18.2. The Kier molecular flexibility index (Phi) is 6.41. The zero-order valence-corrected chi connectivity index (χ0v) is 19.4. The van der Waals surface area contributed by atoms with Crippen molar-refractivity contribution in [3.05, 3.63) is 102 Å². The van der Waals surface area contributed by atoms with Crippen molar-refractivity contribution in [3.63, 3.8) is 0 Å². The lowest BCUT2D eigenvalue weighted by molar-refractivity contribution is 0.306. The van der Waals surface area contributed by atoms with Crippen LogP contribution in [0.4, 0.5) is 0 Å². The first-order chi connectivity index (χ1) is 14.9. The lowest BCUT2D eigenvalue weighted by Crippen LogP contribution is -2.20. The average molecular weight is 517 g/mol. The van der Waals surface area contributed by atoms with Gasteiger partial charge in [0.25, 0.3) is 5.56 Å². The highest BCUT2D eigenvalue weighted by Gasteiger charge is 2.09. The second-order valence-electron chi connectivity index (χ2n) is 6.76. The van der Waals surface area contributed by atoms with Crippen molar-refractivity contribution >= 4 is 56.2 Å². The number of hydrogen-bond donors (Lipinski definition) is 0. The predicted octanol–water partition coefficient (Wildman–Crippen LogP) is 6.24. The van der Waals surface area contributed by atoms with Crippen molar-refractivity contribution in [2.75, 3.05) is 0 Å². The molecule has 0 unspecified atom stereocenters. The fraction of sp³-hybridized carbons (Fsp3) is 0.0870. The molecule has 0 aliphatic carbocycles. The summed E-state index contributed by atoms with van der Waals surface area (Å²) in [7, 11) is 0. The SMILES string of the molecule is Cc1nc2ccc(Br)cc2c(=O)n1N=Cc1ccccc1OCc1ccc(Cl)c(Cl)c1. The first kappa shape index (κ1) is 21.6. The fourth-order valence-electron chi connectivity index (χ4n) is 3.02. The number of para-hydroxylation sites is 1. The van der Waals surface area contributed by atoms with Crippen molar-refractivity contribution in [3.8, 4) is 5.75 Å². The molecule has 1 heterocycles. The summed E-state index contributed by atoms with van der Waals surface area (Å²) in [5, 5.41) is 5.84. The number of ether oxygens (including phenoxy) is 1. The lowest BCUT2D eigenvalue weighted by atomic mass is 10.2. The van der Waals surface area contributed by atoms with E-state index in [9.17, 15) is 4.79 Å². The summed E-state index contributed by atoms with van der Waals surface area (Å²) < 4.78 is 8.04. The molecule has 0 N–H and O–H groups in total. The molecule has 0 saturated carbocycles. The Morgan fingerprint density at radius 2 is 1.90 bits per heavy atom. The Morgan fingerprint density at radius 1 is 1.10 bits per heavy atom. The van der Waals surface area contributed by atoms with Crippen LogP contribution in [0.3, 0.4) is 0 Å². The van der Waals surface area contributed by atoms with E-state index < -0.39 is 0 Å². The molecule has 31 heavy (non-hydrogen) atoms. The number of aryl methyl sites for hydroxylation is 1. The van der Waals surface area contributed by atoms with Gasteiger partial charge in [-0.25, -0.2) is 4.98 Å². The Morgan fingerprint density at radius 3 is 2.71 bits per heavy atom. The van der Waals surface area contributed by atoms with Gasteiger partial charge in [0.05, 0.1) is 27.2 Å². The molecule has 0 spiro atoms. The van der Waals surface area contributed by atoms with Crippen molar-refractivity contribution in [1.29, 1.82) is 0 Å². The summed E-state index contributed by atoms with van der Waals surface area (Å²) in [6.45, 7) is 2.05. The largest absolute Gasteiger partial charge is 0.488 e. The second-order valence-corrected chi connectivity index (χ2v) is 8.49. The topological polar surface area (TPSA) is 56.5 Å². The summed E-state index contributed by atoms with van der Waals surface area (Å²) in [5.41, 5.74) is 2.00. The molecule has 8 heteroatoms. The van der Waals surface area contributed by atoms with Gasteiger partial charge in [0.2, 0.25) is 0 Å². The molecule has 0 atom stereocenters. The quantitative estimate of drug-likeness (QED) is 0.295. The maximum absolute atomic E-state index is 12.9. The van der Waals surface area contributed by atoms with E-state index in [4.69, 9.17) is 27.9 Å². The number of aromatic nitrogens is 2. The van der Waals surface area contributed by atoms with E-state index in [0.717, 1.165) is 15.6 Å². The molecule has 0 fully saturated rings. The van der Waals surface area contributed by atoms with Crippen LogP contribution in [0.1, 0.15) is 17.0 Å². The van der Waals surface area contributed by atoms with Crippen molar-refractivity contribution < 1.29 is 4.74 Å². The first-order valence-electron chi connectivity index (χ1n) is 9.31. The predicted molar refractivity (Wildman–Crippen MR) is 129 cm³/mol. The number of hydrogen-bond acceptors (Lipinski definition) is 4. The molecular weight excluding hydrogens is 501 g/mol. The van der Waals surface area contributed by atoms with E-state index in [1.807, 2.05) is 36.4 Å². The van der Waals surface area contributed by atoms with Gasteiger partial charge in [-0.05, 0) is 55.0 Å². The Bertz CT molecular complexity index is 1370. The number of benzene rings is 3. The third-order valence-corrected chi connectivity index (χ3v) is 5.81. The molecule has 0 aliphatic heterocycles. The fourth-order valence-corrected chi connectivity index (χ4v) is 3.71. The van der Waals surface area contributed by atoms with E-state index in [2.05, 4.69) is 26.0 Å². The van der Waals surface area contributed by atoms with Crippen LogP contribution in [-0.4, -0.2) is 15.9 Å². The third-order valence-electron chi connectivity index (χ3n) is 4.58. The summed E-state index contributed by atoms with van der Waals surface area (Å²) in [4.78, 5) is 17.4. The van der Waals surface area contributed by atoms with Gasteiger partial charge in [-0.1, -0.05) is 57.3 Å². The van der Waals surface area contributed by atoms with E-state index in [1.54, 1.807) is 37.4 Å². The Labute approximate surface area is 197 Å². The smallest absolute Gasteiger partial charge is 0.282 e. The van der Waals surface area contributed by atoms with E-state index in [-0.39, 0.29) is 5.56 Å². The van der Waals surface area contributed by atoms with E-state index in [0.29, 0.717) is 39.1 Å². The van der Waals surface area contributed by atoms with Crippen LogP contribution in [0, 0.1) is 6.92 Å². The van der Waals surface area contributed by atoms with Crippen LogP contribution in [0.2, 0.25) is 10.0 Å². The van der Waals surface area contributed by atoms with Crippen molar-refractivity contribution in [2.24, 2.45) is 5.10 Å². The van der Waals surface area contributed by atoms with Gasteiger partial charge in [0, 0.05) is 10.0 Å². The van der Waals surface area contributed by atoms with Crippen molar-refractivity contribution in [1.82, 2.24) is 9.66 Å². The second kappa shape index (κ2) is 9.22. The molecule has 0 radical (unpaired) electrons. The van der Waals surface area contributed by atoms with Gasteiger partial charge in [-0.15, -0.1) is 0 Å². The molecule has 3 aromatic carbocycles. The van der Waals surface area contributed by atoms with Gasteiger partial charge in [-0.3, -0.25) is 4.79 Å². The maximum atomic E-state index is 12.9. The third kappa shape index (κ3) is 4.82. The summed E-state index contributed by atoms with van der Waals surface area (Å²) >= 11 is 15.4. The Balaban J connectivity index is 1.63. The monoisotopic (exact) mass is 515 g/mol. The van der Waals surface area contributed by atoms with Gasteiger partial charge in [-0.2, -0.15) is 9.78 Å². The molecule has 156 valence electrons. The standard InChI is InChI=1S/C23H16BrCl2N3O2/c1-14-28-21-9-7-17(24)11-18(21)23(30)29(14)27-12-16-4-2-3-5-22(16)31-13-15-6-8-19(25)20(26)10-15/h2-12H,13H2,1H3. The van der Waals surface area contributed by atoms with E-state index >= 15 is 0 Å². The maximum Gasteiger partial charge on any atom is 0.282 e. The molecule has 5 nitrogen and oxygen atoms in total. The minimum atomic E-state index is -0.241. The normalized spacial score (nSPS) is 11.4. The number of nitrogens with zero attached hydrogens (tertiary/aromatic N) is 3. The number of fused-ring (bicyclic) bond motifs is 1. The molecule has 0 amide bonds. The van der Waals surface area contributed by atoms with Gasteiger partial charge >= 0.3 is 0 Å². The highest BCUT2D eigenvalue weighted by atomic mass is 79.9. The highest BCUT2D eigenvalue weighted by molar-refractivity contribution is 9.10. The van der Waals surface area contributed by atoms with Gasteiger partial charge in [0.15, 0.2) is 0 Å². The molecule has 4 rings (SSSR count). The van der Waals surface area contributed by atoms with Crippen LogP contribution in [0.15, 0.2) is 75.0 Å². The van der Waals surface area contributed by atoms with Crippen LogP contribution >= 0.6 is 39.1 Å². The van der Waals surface area contributed by atoms with Crippen molar-refractivity contribution in [2.45, 2.75) is 13.5 Å². The zero-order valence-electron chi connectivity index (χ0n) is 16.3. The average Bonchev–Trinajstić information content (AvgIpc) is 2.76. The molecule has 0 saturated heterocycles. The zero-order chi connectivity index (χ0) is 22.0. The van der Waals surface area contributed by atoms with E-state index in [1.165, 1.54) is 4.68 Å². The first-order valence-corrected chi connectivity index (χ1v) is 10.9. The van der Waals surface area contributed by atoms with Crippen LogP contribution < -0.4 is 10.3 Å². The summed E-state index contributed by atoms with van der Waals surface area (Å²) in [5.74, 6) is 1.12. The van der Waals surface area contributed by atoms with Crippen LogP contribution in [0.5, 0.6) is 5.75 Å². The molecule has 0 bridgehead atoms. The highest BCUT2D eigenvalue weighted by Crippen LogP contribution is 2.24.